The Bertz CT molecular complexity index is 357. The quantitative estimate of drug-likeness (QED) is 0.759. The van der Waals surface area contributed by atoms with E-state index in [-0.39, 0.29) is 0 Å². The van der Waals surface area contributed by atoms with Crippen molar-refractivity contribution in [3.63, 3.8) is 0 Å². The molecular weight excluding hydrogens is 287 g/mol. The Labute approximate surface area is 87.0 Å². The average molecular weight is 292 g/mol. The van der Waals surface area contributed by atoms with Crippen molar-refractivity contribution in [3.05, 3.63) is 20.9 Å². The molecular formula is C7H5IN2OS. The molecule has 0 spiro atoms. The topological polar surface area (TPSA) is 38.9 Å². The van der Waals surface area contributed by atoms with E-state index in [0.717, 1.165) is 4.88 Å². The van der Waals surface area contributed by atoms with Crippen LogP contribution in [0.1, 0.15) is 4.88 Å². The van der Waals surface area contributed by atoms with Crippen molar-refractivity contribution in [2.75, 3.05) is 0 Å². The SMILES string of the molecule is Cc1ccc(-c2nnc(I)o2)s1. The Balaban J connectivity index is 2.43. The third-order valence-electron chi connectivity index (χ3n) is 1.35. The molecule has 0 unspecified atom stereocenters. The molecule has 0 N–H and O–H groups in total. The summed E-state index contributed by atoms with van der Waals surface area (Å²) in [5, 5.41) is 7.66. The molecule has 0 radical (unpaired) electrons. The molecule has 0 saturated heterocycles. The maximum atomic E-state index is 5.26. The number of thiophene rings is 1. The molecule has 0 aliphatic carbocycles. The van der Waals surface area contributed by atoms with E-state index in [2.05, 4.69) is 17.1 Å². The largest absolute Gasteiger partial charge is 0.411 e. The van der Waals surface area contributed by atoms with Crippen LogP contribution in [0.5, 0.6) is 0 Å². The van der Waals surface area contributed by atoms with Crippen molar-refractivity contribution < 1.29 is 4.42 Å². The van der Waals surface area contributed by atoms with Gasteiger partial charge in [0, 0.05) is 27.5 Å². The number of hydrogen-bond donors (Lipinski definition) is 0. The third kappa shape index (κ3) is 1.51. The van der Waals surface area contributed by atoms with Gasteiger partial charge in [0.25, 0.3) is 9.79 Å². The van der Waals surface area contributed by atoms with Crippen LogP contribution in [-0.4, -0.2) is 10.2 Å². The zero-order chi connectivity index (χ0) is 8.55. The second-order valence-electron chi connectivity index (χ2n) is 2.27. The van der Waals surface area contributed by atoms with E-state index in [0.29, 0.717) is 9.79 Å². The van der Waals surface area contributed by atoms with Crippen LogP contribution < -0.4 is 0 Å². The number of hydrogen-bond acceptors (Lipinski definition) is 4. The first kappa shape index (κ1) is 8.18. The van der Waals surface area contributed by atoms with Gasteiger partial charge in [-0.15, -0.1) is 21.5 Å². The fraction of sp³-hybridized carbons (Fsp3) is 0.143. The maximum Gasteiger partial charge on any atom is 0.278 e. The van der Waals surface area contributed by atoms with Crippen LogP contribution in [0.2, 0.25) is 0 Å². The van der Waals surface area contributed by atoms with E-state index in [4.69, 9.17) is 4.42 Å². The lowest BCUT2D eigenvalue weighted by atomic mass is 10.4. The van der Waals surface area contributed by atoms with Crippen molar-refractivity contribution in [2.45, 2.75) is 6.92 Å². The van der Waals surface area contributed by atoms with E-state index < -0.39 is 0 Å². The normalized spacial score (nSPS) is 10.5. The number of aryl methyl sites for hydroxylation is 1. The molecule has 0 amide bonds. The first-order valence-corrected chi connectivity index (χ1v) is 5.21. The van der Waals surface area contributed by atoms with Gasteiger partial charge in [-0.05, 0) is 19.1 Å². The summed E-state index contributed by atoms with van der Waals surface area (Å²) in [7, 11) is 0. The summed E-state index contributed by atoms with van der Waals surface area (Å²) in [4.78, 5) is 2.28. The van der Waals surface area contributed by atoms with Crippen LogP contribution >= 0.6 is 33.9 Å². The first-order chi connectivity index (χ1) is 5.75. The summed E-state index contributed by atoms with van der Waals surface area (Å²) in [6.07, 6.45) is 0. The lowest BCUT2D eigenvalue weighted by Crippen LogP contribution is -1.70. The summed E-state index contributed by atoms with van der Waals surface area (Å²) in [6, 6.07) is 4.03. The van der Waals surface area contributed by atoms with Crippen LogP contribution in [0.25, 0.3) is 10.8 Å². The minimum Gasteiger partial charge on any atom is -0.411 e. The highest BCUT2D eigenvalue weighted by molar-refractivity contribution is 14.1. The summed E-state index contributed by atoms with van der Waals surface area (Å²) in [6.45, 7) is 2.05. The van der Waals surface area contributed by atoms with Gasteiger partial charge in [-0.2, -0.15) is 0 Å². The lowest BCUT2D eigenvalue weighted by molar-refractivity contribution is 0.538. The van der Waals surface area contributed by atoms with Crippen molar-refractivity contribution in [1.82, 2.24) is 10.2 Å². The van der Waals surface area contributed by atoms with E-state index in [1.165, 1.54) is 4.88 Å². The molecule has 0 saturated carbocycles. The average Bonchev–Trinajstić information content (AvgIpc) is 2.58. The molecule has 0 fully saturated rings. The Morgan fingerprint density at radius 1 is 1.42 bits per heavy atom. The highest BCUT2D eigenvalue weighted by Crippen LogP contribution is 2.26. The van der Waals surface area contributed by atoms with E-state index in [1.807, 2.05) is 34.7 Å². The van der Waals surface area contributed by atoms with Gasteiger partial charge in [-0.1, -0.05) is 0 Å². The summed E-state index contributed by atoms with van der Waals surface area (Å²) in [5.41, 5.74) is 0. The molecule has 0 aliphatic heterocycles. The fourth-order valence-corrected chi connectivity index (χ4v) is 1.96. The Morgan fingerprint density at radius 3 is 2.75 bits per heavy atom. The minimum absolute atomic E-state index is 0.577. The van der Waals surface area contributed by atoms with Crippen molar-refractivity contribution in [1.29, 1.82) is 0 Å². The van der Waals surface area contributed by atoms with E-state index in [1.54, 1.807) is 11.3 Å². The van der Waals surface area contributed by atoms with Gasteiger partial charge in [0.15, 0.2) is 0 Å². The highest BCUT2D eigenvalue weighted by atomic mass is 127. The van der Waals surface area contributed by atoms with Gasteiger partial charge >= 0.3 is 0 Å². The second kappa shape index (κ2) is 3.14. The van der Waals surface area contributed by atoms with E-state index in [9.17, 15) is 0 Å². The van der Waals surface area contributed by atoms with Gasteiger partial charge in [-0.3, -0.25) is 0 Å². The number of halogens is 1. The fourth-order valence-electron chi connectivity index (χ4n) is 0.854. The van der Waals surface area contributed by atoms with Crippen molar-refractivity contribution >= 4 is 33.9 Å². The minimum atomic E-state index is 0.577. The van der Waals surface area contributed by atoms with Gasteiger partial charge < -0.3 is 4.42 Å². The van der Waals surface area contributed by atoms with Gasteiger partial charge in [0.05, 0.1) is 4.88 Å². The molecule has 2 rings (SSSR count). The predicted octanol–water partition coefficient (Wildman–Crippen LogP) is 2.71. The molecule has 62 valence electrons. The summed E-state index contributed by atoms with van der Waals surface area (Å²) in [5.74, 6) is 0.609. The Morgan fingerprint density at radius 2 is 2.25 bits per heavy atom. The smallest absolute Gasteiger partial charge is 0.278 e. The molecule has 2 aromatic rings. The number of nitrogens with zero attached hydrogens (tertiary/aromatic N) is 2. The molecule has 12 heavy (non-hydrogen) atoms. The zero-order valence-electron chi connectivity index (χ0n) is 6.24. The van der Waals surface area contributed by atoms with Gasteiger partial charge in [0.2, 0.25) is 0 Å². The summed E-state index contributed by atoms with van der Waals surface area (Å²) >= 11 is 3.65. The Hall–Kier alpha value is -0.430. The molecule has 2 aromatic heterocycles. The second-order valence-corrected chi connectivity index (χ2v) is 4.48. The van der Waals surface area contributed by atoms with Crippen LogP contribution in [0.3, 0.4) is 0 Å². The lowest BCUT2D eigenvalue weighted by Gasteiger charge is -1.83. The molecule has 3 nitrogen and oxygen atoms in total. The zero-order valence-corrected chi connectivity index (χ0v) is 9.22. The predicted molar refractivity (Wildman–Crippen MR) is 55.1 cm³/mol. The van der Waals surface area contributed by atoms with Crippen molar-refractivity contribution in [3.8, 4) is 10.8 Å². The Kier molecular flexibility index (Phi) is 2.14. The molecule has 5 heteroatoms. The van der Waals surface area contributed by atoms with Crippen LogP contribution in [0, 0.1) is 10.8 Å². The molecule has 2 heterocycles. The highest BCUT2D eigenvalue weighted by Gasteiger charge is 2.07. The monoisotopic (exact) mass is 292 g/mol. The van der Waals surface area contributed by atoms with Crippen LogP contribution in [0.15, 0.2) is 16.5 Å². The number of rotatable bonds is 1. The summed E-state index contributed by atoms with van der Waals surface area (Å²) < 4.78 is 5.84. The van der Waals surface area contributed by atoms with Gasteiger partial charge in [0.1, 0.15) is 0 Å². The first-order valence-electron chi connectivity index (χ1n) is 3.31. The number of aromatic nitrogens is 2. The van der Waals surface area contributed by atoms with Crippen LogP contribution in [-0.2, 0) is 0 Å². The molecule has 0 atom stereocenters. The van der Waals surface area contributed by atoms with Crippen LogP contribution in [0.4, 0.5) is 0 Å². The molecule has 0 aromatic carbocycles. The maximum absolute atomic E-state index is 5.26. The van der Waals surface area contributed by atoms with Crippen molar-refractivity contribution in [2.24, 2.45) is 0 Å². The van der Waals surface area contributed by atoms with Gasteiger partial charge in [-0.25, -0.2) is 0 Å². The molecule has 0 bridgehead atoms. The third-order valence-corrected chi connectivity index (χ3v) is 2.78. The standard InChI is InChI=1S/C7H5IN2OS/c1-4-2-3-5(12-4)6-9-10-7(8)11-6/h2-3H,1H3. The molecule has 0 aliphatic rings. The van der Waals surface area contributed by atoms with E-state index >= 15 is 0 Å².